The van der Waals surface area contributed by atoms with Gasteiger partial charge in [-0.25, -0.2) is 4.98 Å². The molecule has 1 atom stereocenters. The van der Waals surface area contributed by atoms with E-state index in [0.717, 1.165) is 27.8 Å². The molecule has 1 unspecified atom stereocenters. The van der Waals surface area contributed by atoms with Crippen LogP contribution in [0.3, 0.4) is 0 Å². The first-order valence-electron chi connectivity index (χ1n) is 7.54. The molecule has 1 amide bonds. The van der Waals surface area contributed by atoms with E-state index in [9.17, 15) is 4.79 Å². The fraction of sp³-hybridized carbons (Fsp3) is 0.111. The van der Waals surface area contributed by atoms with Crippen LogP contribution in [0.15, 0.2) is 54.6 Å². The van der Waals surface area contributed by atoms with Gasteiger partial charge in [-0.2, -0.15) is 0 Å². The highest BCUT2D eigenvalue weighted by atomic mass is 16.1. The van der Waals surface area contributed by atoms with E-state index in [-0.39, 0.29) is 11.9 Å². The molecule has 0 saturated carbocycles. The zero-order valence-corrected chi connectivity index (χ0v) is 12.6. The lowest BCUT2D eigenvalue weighted by atomic mass is 10.2. The number of hydrogen-bond acceptors (Lipinski definition) is 2. The molecule has 0 aliphatic carbocycles. The van der Waals surface area contributed by atoms with Gasteiger partial charge in [-0.3, -0.25) is 4.79 Å². The number of carbonyl (C=O) groups excluding carboxylic acids is 1. The SMILES string of the molecule is CC(NC(=O)c1cc2ccccc2[nH]1)c1nc2ccccc2[nH]1. The van der Waals surface area contributed by atoms with Crippen molar-refractivity contribution in [2.75, 3.05) is 0 Å². The molecule has 0 aliphatic rings. The molecular weight excluding hydrogens is 288 g/mol. The minimum absolute atomic E-state index is 0.144. The molecule has 2 heterocycles. The van der Waals surface area contributed by atoms with Crippen molar-refractivity contribution >= 4 is 27.8 Å². The van der Waals surface area contributed by atoms with Gasteiger partial charge in [-0.05, 0) is 31.2 Å². The summed E-state index contributed by atoms with van der Waals surface area (Å²) in [6, 6.07) is 17.3. The molecule has 0 radical (unpaired) electrons. The van der Waals surface area contributed by atoms with Crippen LogP contribution in [0.25, 0.3) is 21.9 Å². The van der Waals surface area contributed by atoms with Gasteiger partial charge in [0.2, 0.25) is 0 Å². The molecule has 0 spiro atoms. The molecule has 114 valence electrons. The lowest BCUT2D eigenvalue weighted by Gasteiger charge is -2.10. The van der Waals surface area contributed by atoms with Crippen LogP contribution in [-0.2, 0) is 0 Å². The fourth-order valence-electron chi connectivity index (χ4n) is 2.72. The Morgan fingerprint density at radius 2 is 1.78 bits per heavy atom. The maximum atomic E-state index is 12.4. The molecule has 23 heavy (non-hydrogen) atoms. The van der Waals surface area contributed by atoms with Crippen LogP contribution >= 0.6 is 0 Å². The van der Waals surface area contributed by atoms with Crippen LogP contribution in [0.1, 0.15) is 29.3 Å². The van der Waals surface area contributed by atoms with Crippen molar-refractivity contribution in [1.82, 2.24) is 20.3 Å². The summed E-state index contributed by atoms with van der Waals surface area (Å²) in [7, 11) is 0. The number of nitrogens with one attached hydrogen (secondary N) is 3. The zero-order valence-electron chi connectivity index (χ0n) is 12.6. The Labute approximate surface area is 132 Å². The van der Waals surface area contributed by atoms with Gasteiger partial charge in [0.25, 0.3) is 5.91 Å². The van der Waals surface area contributed by atoms with Gasteiger partial charge < -0.3 is 15.3 Å². The number of aromatic nitrogens is 3. The van der Waals surface area contributed by atoms with E-state index < -0.39 is 0 Å². The minimum atomic E-state index is -0.207. The number of H-pyrrole nitrogens is 2. The molecule has 0 bridgehead atoms. The van der Waals surface area contributed by atoms with Crippen molar-refractivity contribution in [3.63, 3.8) is 0 Å². The Hall–Kier alpha value is -3.08. The largest absolute Gasteiger partial charge is 0.351 e. The number of para-hydroxylation sites is 3. The van der Waals surface area contributed by atoms with Crippen molar-refractivity contribution in [2.24, 2.45) is 0 Å². The van der Waals surface area contributed by atoms with Gasteiger partial charge in [0, 0.05) is 10.9 Å². The molecule has 5 nitrogen and oxygen atoms in total. The fourth-order valence-corrected chi connectivity index (χ4v) is 2.72. The molecule has 2 aromatic heterocycles. The summed E-state index contributed by atoms with van der Waals surface area (Å²) in [5.74, 6) is 0.602. The summed E-state index contributed by atoms with van der Waals surface area (Å²) in [4.78, 5) is 23.3. The number of carbonyl (C=O) groups is 1. The van der Waals surface area contributed by atoms with Crippen molar-refractivity contribution in [3.8, 4) is 0 Å². The number of amides is 1. The average Bonchev–Trinajstić information content (AvgIpc) is 3.18. The van der Waals surface area contributed by atoms with E-state index in [0.29, 0.717) is 5.69 Å². The summed E-state index contributed by atoms with van der Waals surface area (Å²) >= 11 is 0. The second kappa shape index (κ2) is 5.28. The second-order valence-corrected chi connectivity index (χ2v) is 5.60. The Morgan fingerprint density at radius 3 is 2.57 bits per heavy atom. The minimum Gasteiger partial charge on any atom is -0.351 e. The molecule has 4 rings (SSSR count). The zero-order chi connectivity index (χ0) is 15.8. The first kappa shape index (κ1) is 13.6. The summed E-state index contributed by atoms with van der Waals surface area (Å²) in [6.07, 6.45) is 0. The van der Waals surface area contributed by atoms with E-state index >= 15 is 0 Å². The van der Waals surface area contributed by atoms with Gasteiger partial charge >= 0.3 is 0 Å². The van der Waals surface area contributed by atoms with Gasteiger partial charge in [0.15, 0.2) is 0 Å². The topological polar surface area (TPSA) is 73.6 Å². The smallest absolute Gasteiger partial charge is 0.268 e. The first-order chi connectivity index (χ1) is 11.2. The van der Waals surface area contributed by atoms with Crippen molar-refractivity contribution in [1.29, 1.82) is 0 Å². The number of hydrogen-bond donors (Lipinski definition) is 3. The predicted octanol–water partition coefficient (Wildman–Crippen LogP) is 3.54. The summed E-state index contributed by atoms with van der Waals surface area (Å²) in [5, 5.41) is 3.99. The van der Waals surface area contributed by atoms with Crippen LogP contribution < -0.4 is 5.32 Å². The number of aromatic amines is 2. The van der Waals surface area contributed by atoms with E-state index in [1.54, 1.807) is 0 Å². The lowest BCUT2D eigenvalue weighted by Crippen LogP contribution is -2.27. The van der Waals surface area contributed by atoms with Gasteiger partial charge in [0.05, 0.1) is 17.1 Å². The third kappa shape index (κ3) is 2.46. The average molecular weight is 304 g/mol. The van der Waals surface area contributed by atoms with Crippen LogP contribution in [0.5, 0.6) is 0 Å². The highest BCUT2D eigenvalue weighted by Crippen LogP contribution is 2.18. The monoisotopic (exact) mass is 304 g/mol. The van der Waals surface area contributed by atoms with E-state index in [1.165, 1.54) is 0 Å². The number of fused-ring (bicyclic) bond motifs is 2. The standard InChI is InChI=1S/C18H16N4O/c1-11(17-21-14-8-4-5-9-15(14)22-17)19-18(23)16-10-12-6-2-3-7-13(12)20-16/h2-11,20H,1H3,(H,19,23)(H,21,22). The van der Waals surface area contributed by atoms with E-state index in [4.69, 9.17) is 0 Å². The highest BCUT2D eigenvalue weighted by Gasteiger charge is 2.16. The van der Waals surface area contributed by atoms with Crippen LogP contribution in [0.2, 0.25) is 0 Å². The number of nitrogens with zero attached hydrogens (tertiary/aromatic N) is 1. The third-order valence-electron chi connectivity index (χ3n) is 3.94. The van der Waals surface area contributed by atoms with E-state index in [1.807, 2.05) is 61.5 Å². The first-order valence-corrected chi connectivity index (χ1v) is 7.54. The maximum Gasteiger partial charge on any atom is 0.268 e. The van der Waals surface area contributed by atoms with Gasteiger partial charge in [0.1, 0.15) is 11.5 Å². The quantitative estimate of drug-likeness (QED) is 0.541. The van der Waals surface area contributed by atoms with Gasteiger partial charge in [-0.1, -0.05) is 30.3 Å². The second-order valence-electron chi connectivity index (χ2n) is 5.60. The summed E-state index contributed by atoms with van der Waals surface area (Å²) in [6.45, 7) is 1.91. The van der Waals surface area contributed by atoms with Crippen molar-refractivity contribution in [2.45, 2.75) is 13.0 Å². The van der Waals surface area contributed by atoms with Crippen molar-refractivity contribution in [3.05, 3.63) is 66.1 Å². The van der Waals surface area contributed by atoms with Gasteiger partial charge in [-0.15, -0.1) is 0 Å². The molecule has 4 aromatic rings. The molecule has 2 aromatic carbocycles. The molecular formula is C18H16N4O. The molecule has 5 heteroatoms. The molecule has 0 aliphatic heterocycles. The predicted molar refractivity (Wildman–Crippen MR) is 90.3 cm³/mol. The van der Waals surface area contributed by atoms with Crippen LogP contribution in [-0.4, -0.2) is 20.9 Å². The normalized spacial score (nSPS) is 12.6. The molecule has 0 saturated heterocycles. The van der Waals surface area contributed by atoms with Crippen LogP contribution in [0, 0.1) is 0 Å². The molecule has 0 fully saturated rings. The van der Waals surface area contributed by atoms with Crippen LogP contribution in [0.4, 0.5) is 0 Å². The number of rotatable bonds is 3. The Morgan fingerprint density at radius 1 is 1.04 bits per heavy atom. The molecule has 3 N–H and O–H groups in total. The maximum absolute atomic E-state index is 12.4. The van der Waals surface area contributed by atoms with E-state index in [2.05, 4.69) is 20.3 Å². The Balaban J connectivity index is 1.57. The number of benzene rings is 2. The van der Waals surface area contributed by atoms with Crippen molar-refractivity contribution < 1.29 is 4.79 Å². The Kier molecular flexibility index (Phi) is 3.12. The number of imidazole rings is 1. The Bertz CT molecular complexity index is 932. The summed E-state index contributed by atoms with van der Waals surface area (Å²) in [5.41, 5.74) is 3.37. The summed E-state index contributed by atoms with van der Waals surface area (Å²) < 4.78 is 0. The lowest BCUT2D eigenvalue weighted by molar-refractivity contribution is 0.0934. The third-order valence-corrected chi connectivity index (χ3v) is 3.94. The highest BCUT2D eigenvalue weighted by molar-refractivity contribution is 5.98.